The van der Waals surface area contributed by atoms with E-state index in [-0.39, 0.29) is 11.2 Å². The first-order valence-corrected chi connectivity index (χ1v) is 8.55. The molecule has 1 heterocycles. The number of rotatable bonds is 6. The van der Waals surface area contributed by atoms with Gasteiger partial charge >= 0.3 is 0 Å². The Morgan fingerprint density at radius 1 is 1.25 bits per heavy atom. The lowest BCUT2D eigenvalue weighted by Crippen LogP contribution is -2.37. The molecule has 0 bridgehead atoms. The molecule has 0 saturated carbocycles. The molecule has 1 aromatic heterocycles. The Morgan fingerprint density at radius 3 is 2.65 bits per heavy atom. The van der Waals surface area contributed by atoms with E-state index in [4.69, 9.17) is 0 Å². The third-order valence-corrected chi connectivity index (χ3v) is 5.06. The van der Waals surface area contributed by atoms with Gasteiger partial charge in [-0.3, -0.25) is 0 Å². The fourth-order valence-electron chi connectivity index (χ4n) is 2.36. The van der Waals surface area contributed by atoms with Crippen LogP contribution in [0.2, 0.25) is 0 Å². The summed E-state index contributed by atoms with van der Waals surface area (Å²) in [7, 11) is -3.17. The molecule has 0 radical (unpaired) electrons. The molecule has 2 aromatic rings. The smallest absolute Gasteiger partial charge is 0.211 e. The zero-order chi connectivity index (χ0) is 14.8. The zero-order valence-corrected chi connectivity index (χ0v) is 13.0. The molecular weight excluding hydrogens is 272 g/mol. The van der Waals surface area contributed by atoms with Crippen molar-refractivity contribution in [3.63, 3.8) is 0 Å². The number of benzene rings is 1. The highest BCUT2D eigenvalue weighted by Crippen LogP contribution is 2.29. The minimum atomic E-state index is -3.17. The summed E-state index contributed by atoms with van der Waals surface area (Å²) in [5.41, 5.74) is 1.94. The molecule has 2 rings (SSSR count). The number of aromatic amines is 1. The maximum atomic E-state index is 11.8. The molecule has 0 unspecified atom stereocenters. The number of hydrogen-bond donors (Lipinski definition) is 2. The van der Waals surface area contributed by atoms with E-state index in [2.05, 4.69) is 29.6 Å². The standard InChI is InChI=1S/C15H22N2O2S/c1-4-9-20(18,19)17-11-15(2,3)13-10-16-14-8-6-5-7-12(13)14/h5-8,10,16-17H,4,9,11H2,1-3H3. The van der Waals surface area contributed by atoms with E-state index >= 15 is 0 Å². The molecule has 0 aliphatic rings. The average Bonchev–Trinajstić information content (AvgIpc) is 2.81. The Hall–Kier alpha value is -1.33. The van der Waals surface area contributed by atoms with Crippen molar-refractivity contribution >= 4 is 20.9 Å². The summed E-state index contributed by atoms with van der Waals surface area (Å²) in [6.07, 6.45) is 2.60. The summed E-state index contributed by atoms with van der Waals surface area (Å²) in [5.74, 6) is 0.178. The molecule has 2 N–H and O–H groups in total. The predicted octanol–water partition coefficient (Wildman–Crippen LogP) is 2.77. The van der Waals surface area contributed by atoms with E-state index in [1.165, 1.54) is 0 Å². The molecule has 0 amide bonds. The van der Waals surface area contributed by atoms with E-state index in [0.29, 0.717) is 13.0 Å². The van der Waals surface area contributed by atoms with Gasteiger partial charge in [-0.2, -0.15) is 0 Å². The lowest BCUT2D eigenvalue weighted by Gasteiger charge is -2.24. The number of nitrogens with one attached hydrogen (secondary N) is 2. The van der Waals surface area contributed by atoms with Gasteiger partial charge in [0, 0.05) is 29.1 Å². The molecule has 0 aliphatic carbocycles. The molecule has 0 spiro atoms. The van der Waals surface area contributed by atoms with Crippen molar-refractivity contribution in [1.29, 1.82) is 0 Å². The Labute approximate surface area is 120 Å². The highest BCUT2D eigenvalue weighted by molar-refractivity contribution is 7.89. The van der Waals surface area contributed by atoms with Crippen molar-refractivity contribution in [2.75, 3.05) is 12.3 Å². The van der Waals surface area contributed by atoms with Crippen LogP contribution < -0.4 is 4.72 Å². The lowest BCUT2D eigenvalue weighted by molar-refractivity contribution is 0.504. The van der Waals surface area contributed by atoms with Crippen molar-refractivity contribution in [2.45, 2.75) is 32.6 Å². The first-order chi connectivity index (χ1) is 9.36. The van der Waals surface area contributed by atoms with Crippen LogP contribution in [0.25, 0.3) is 10.9 Å². The topological polar surface area (TPSA) is 62.0 Å². The van der Waals surface area contributed by atoms with E-state index in [9.17, 15) is 8.42 Å². The molecule has 4 nitrogen and oxygen atoms in total. The molecule has 20 heavy (non-hydrogen) atoms. The fourth-order valence-corrected chi connectivity index (χ4v) is 3.62. The van der Waals surface area contributed by atoms with Crippen LogP contribution in [0.5, 0.6) is 0 Å². The number of para-hydroxylation sites is 1. The van der Waals surface area contributed by atoms with Crippen LogP contribution in [0.3, 0.4) is 0 Å². The Kier molecular flexibility index (Phi) is 4.20. The quantitative estimate of drug-likeness (QED) is 0.860. The summed E-state index contributed by atoms with van der Waals surface area (Å²) >= 11 is 0. The summed E-state index contributed by atoms with van der Waals surface area (Å²) in [5, 5.41) is 1.15. The summed E-state index contributed by atoms with van der Waals surface area (Å²) in [6, 6.07) is 8.07. The van der Waals surface area contributed by atoms with Gasteiger partial charge in [0.15, 0.2) is 0 Å². The second-order valence-electron chi connectivity index (χ2n) is 5.77. The number of H-pyrrole nitrogens is 1. The molecular formula is C15H22N2O2S. The van der Waals surface area contributed by atoms with E-state index in [1.54, 1.807) is 0 Å². The molecule has 0 atom stereocenters. The van der Waals surface area contributed by atoms with Gasteiger partial charge in [0.05, 0.1) is 5.75 Å². The number of hydrogen-bond acceptors (Lipinski definition) is 2. The molecule has 0 saturated heterocycles. The number of aromatic nitrogens is 1. The van der Waals surface area contributed by atoms with E-state index in [1.807, 2.05) is 31.3 Å². The average molecular weight is 294 g/mol. The Balaban J connectivity index is 2.22. The molecule has 0 aliphatic heterocycles. The minimum absolute atomic E-state index is 0.178. The van der Waals surface area contributed by atoms with Gasteiger partial charge in [-0.15, -0.1) is 0 Å². The second kappa shape index (κ2) is 5.58. The molecule has 5 heteroatoms. The van der Waals surface area contributed by atoms with E-state index < -0.39 is 10.0 Å². The van der Waals surface area contributed by atoms with Gasteiger partial charge < -0.3 is 4.98 Å². The van der Waals surface area contributed by atoms with Crippen molar-refractivity contribution in [3.8, 4) is 0 Å². The third kappa shape index (κ3) is 3.22. The normalized spacial score (nSPS) is 12.9. The SMILES string of the molecule is CCCS(=O)(=O)NCC(C)(C)c1c[nH]c2ccccc12. The van der Waals surface area contributed by atoms with Crippen molar-refractivity contribution in [2.24, 2.45) is 0 Å². The molecule has 0 fully saturated rings. The summed E-state index contributed by atoms with van der Waals surface area (Å²) < 4.78 is 26.3. The maximum absolute atomic E-state index is 11.8. The van der Waals surface area contributed by atoms with Gasteiger partial charge in [0.1, 0.15) is 0 Å². The third-order valence-electron chi connectivity index (χ3n) is 3.53. The summed E-state index contributed by atoms with van der Waals surface area (Å²) in [4.78, 5) is 3.24. The largest absolute Gasteiger partial charge is 0.361 e. The highest BCUT2D eigenvalue weighted by Gasteiger charge is 2.25. The van der Waals surface area contributed by atoms with Crippen LogP contribution in [-0.2, 0) is 15.4 Å². The van der Waals surface area contributed by atoms with Gasteiger partial charge in [-0.1, -0.05) is 39.0 Å². The first kappa shape index (κ1) is 15.1. The van der Waals surface area contributed by atoms with Gasteiger partial charge in [0.2, 0.25) is 10.0 Å². The number of sulfonamides is 1. The monoisotopic (exact) mass is 294 g/mol. The number of fused-ring (bicyclic) bond motifs is 1. The first-order valence-electron chi connectivity index (χ1n) is 6.90. The van der Waals surface area contributed by atoms with Crippen molar-refractivity contribution < 1.29 is 8.42 Å². The van der Waals surface area contributed by atoms with Gasteiger partial charge in [0.25, 0.3) is 0 Å². The Morgan fingerprint density at radius 2 is 1.95 bits per heavy atom. The maximum Gasteiger partial charge on any atom is 0.211 e. The highest BCUT2D eigenvalue weighted by atomic mass is 32.2. The van der Waals surface area contributed by atoms with Crippen LogP contribution in [0.1, 0.15) is 32.8 Å². The van der Waals surface area contributed by atoms with Crippen LogP contribution in [0.15, 0.2) is 30.5 Å². The van der Waals surface area contributed by atoms with Crippen molar-refractivity contribution in [1.82, 2.24) is 9.71 Å². The second-order valence-corrected chi connectivity index (χ2v) is 7.70. The fraction of sp³-hybridized carbons (Fsp3) is 0.467. The molecule has 1 aromatic carbocycles. The van der Waals surface area contributed by atoms with Gasteiger partial charge in [-0.25, -0.2) is 13.1 Å². The van der Waals surface area contributed by atoms with Crippen LogP contribution in [0.4, 0.5) is 0 Å². The van der Waals surface area contributed by atoms with Crippen LogP contribution in [-0.4, -0.2) is 25.7 Å². The van der Waals surface area contributed by atoms with Crippen LogP contribution in [0, 0.1) is 0 Å². The predicted molar refractivity (Wildman–Crippen MR) is 83.4 cm³/mol. The van der Waals surface area contributed by atoms with E-state index in [0.717, 1.165) is 16.5 Å². The summed E-state index contributed by atoms with van der Waals surface area (Å²) in [6.45, 7) is 6.37. The zero-order valence-electron chi connectivity index (χ0n) is 12.2. The van der Waals surface area contributed by atoms with Crippen LogP contribution >= 0.6 is 0 Å². The molecule has 110 valence electrons. The minimum Gasteiger partial charge on any atom is -0.361 e. The van der Waals surface area contributed by atoms with Crippen molar-refractivity contribution in [3.05, 3.63) is 36.0 Å². The van der Waals surface area contributed by atoms with Gasteiger partial charge in [-0.05, 0) is 18.1 Å². The lowest BCUT2D eigenvalue weighted by atomic mass is 9.85. The Bertz CT molecular complexity index is 687.